The topological polar surface area (TPSA) is 90.9 Å². The van der Waals surface area contributed by atoms with Gasteiger partial charge in [0.15, 0.2) is 0 Å². The molecule has 7 heteroatoms. The largest absolute Gasteiger partial charge is 0.489 e. The molecule has 2 aromatic carbocycles. The first-order valence-electron chi connectivity index (χ1n) is 11.6. The molecular formula is C26H37N3O4. The van der Waals surface area contributed by atoms with Crippen LogP contribution in [-0.2, 0) is 9.59 Å². The van der Waals surface area contributed by atoms with Gasteiger partial charge in [-0.3, -0.25) is 14.8 Å². The summed E-state index contributed by atoms with van der Waals surface area (Å²) in [5, 5.41) is 13.7. The highest BCUT2D eigenvalue weighted by Gasteiger charge is 2.09. The highest BCUT2D eigenvalue weighted by atomic mass is 16.5. The van der Waals surface area contributed by atoms with E-state index < -0.39 is 0 Å². The van der Waals surface area contributed by atoms with Gasteiger partial charge in [0.25, 0.3) is 0 Å². The molecule has 0 heterocycles. The molecule has 0 aromatic heterocycles. The summed E-state index contributed by atoms with van der Waals surface area (Å²) in [6.07, 6.45) is 6.78. The van der Waals surface area contributed by atoms with Crippen molar-refractivity contribution in [1.82, 2.24) is 15.7 Å². The summed E-state index contributed by atoms with van der Waals surface area (Å²) in [7, 11) is 4.09. The van der Waals surface area contributed by atoms with Crippen molar-refractivity contribution in [3.8, 4) is 5.75 Å². The molecule has 0 atom stereocenters. The minimum absolute atomic E-state index is 0.00715. The highest BCUT2D eigenvalue weighted by Crippen LogP contribution is 2.25. The minimum atomic E-state index is -0.382. The van der Waals surface area contributed by atoms with Crippen molar-refractivity contribution in [2.75, 3.05) is 33.8 Å². The Morgan fingerprint density at radius 1 is 1.00 bits per heavy atom. The zero-order chi connectivity index (χ0) is 23.9. The zero-order valence-corrected chi connectivity index (χ0v) is 19.8. The molecule has 33 heavy (non-hydrogen) atoms. The fourth-order valence-corrected chi connectivity index (χ4v) is 3.52. The summed E-state index contributed by atoms with van der Waals surface area (Å²) in [6, 6.07) is 14.0. The third kappa shape index (κ3) is 10.5. The molecule has 0 aliphatic carbocycles. The monoisotopic (exact) mass is 455 g/mol. The van der Waals surface area contributed by atoms with E-state index >= 15 is 0 Å². The van der Waals surface area contributed by atoms with Gasteiger partial charge in [0.1, 0.15) is 12.4 Å². The van der Waals surface area contributed by atoms with E-state index in [2.05, 4.69) is 10.2 Å². The van der Waals surface area contributed by atoms with Crippen molar-refractivity contribution in [2.24, 2.45) is 0 Å². The summed E-state index contributed by atoms with van der Waals surface area (Å²) in [5.74, 6) is 0.405. The Hall–Kier alpha value is -2.90. The molecular weight excluding hydrogens is 418 g/mol. The van der Waals surface area contributed by atoms with Crippen LogP contribution in [0.3, 0.4) is 0 Å². The number of carbonyl (C=O) groups is 2. The number of allylic oxidation sites excluding steroid dienone is 1. The van der Waals surface area contributed by atoms with E-state index in [-0.39, 0.29) is 24.7 Å². The molecule has 7 nitrogen and oxygen atoms in total. The van der Waals surface area contributed by atoms with Crippen molar-refractivity contribution < 1.29 is 19.5 Å². The van der Waals surface area contributed by atoms with Crippen LogP contribution in [0.25, 0.3) is 10.8 Å². The van der Waals surface area contributed by atoms with Gasteiger partial charge in [0, 0.05) is 18.4 Å². The first kappa shape index (κ1) is 26.4. The molecule has 2 amide bonds. The Balaban J connectivity index is 1.92. The molecule has 0 bridgehead atoms. The smallest absolute Gasteiger partial charge is 0.243 e. The third-order valence-corrected chi connectivity index (χ3v) is 5.32. The molecule has 2 aromatic rings. The van der Waals surface area contributed by atoms with Crippen LogP contribution in [-0.4, -0.2) is 55.7 Å². The average molecular weight is 456 g/mol. The van der Waals surface area contributed by atoms with Gasteiger partial charge in [-0.05, 0) is 69.8 Å². The van der Waals surface area contributed by atoms with Crippen LogP contribution in [0, 0.1) is 0 Å². The zero-order valence-electron chi connectivity index (χ0n) is 19.8. The number of ether oxygens (including phenoxy) is 1. The second kappa shape index (κ2) is 15.0. The lowest BCUT2D eigenvalue weighted by Crippen LogP contribution is -2.26. The number of rotatable bonds is 15. The van der Waals surface area contributed by atoms with Gasteiger partial charge < -0.3 is 15.0 Å². The molecule has 3 N–H and O–H groups in total. The summed E-state index contributed by atoms with van der Waals surface area (Å²) < 4.78 is 6.11. The first-order valence-corrected chi connectivity index (χ1v) is 11.6. The summed E-state index contributed by atoms with van der Waals surface area (Å²) in [4.78, 5) is 25.8. The number of carbonyl (C=O) groups excluding carboxylic acids is 2. The molecule has 0 saturated heterocycles. The van der Waals surface area contributed by atoms with Crippen LogP contribution in [0.4, 0.5) is 0 Å². The number of benzene rings is 2. The van der Waals surface area contributed by atoms with Crippen molar-refractivity contribution in [3.05, 3.63) is 54.1 Å². The average Bonchev–Trinajstić information content (AvgIpc) is 2.81. The summed E-state index contributed by atoms with van der Waals surface area (Å²) in [6.45, 7) is 2.01. The molecule has 0 aliphatic heterocycles. The van der Waals surface area contributed by atoms with Gasteiger partial charge in [-0.15, -0.1) is 0 Å². The van der Waals surface area contributed by atoms with Crippen molar-refractivity contribution in [2.45, 2.75) is 44.9 Å². The Kier molecular flexibility index (Phi) is 12.0. The molecule has 0 aliphatic rings. The standard InChI is InChI=1S/C26H37N3O4/c1-29(2)18-9-8-17-27-26(31)19-21(11-4-3-5-16-25(30)28-32)20-33-24-15-10-13-22-12-6-7-14-23(22)24/h6-7,10-15,32H,3-5,8-9,16-20H2,1-2H3,(H,27,31)(H,28,30)/b21-11-. The molecule has 0 unspecified atom stereocenters. The maximum atomic E-state index is 12.5. The molecule has 0 spiro atoms. The van der Waals surface area contributed by atoms with E-state index in [4.69, 9.17) is 9.94 Å². The number of hydrogen-bond acceptors (Lipinski definition) is 5. The fraction of sp³-hybridized carbons (Fsp3) is 0.462. The lowest BCUT2D eigenvalue weighted by molar-refractivity contribution is -0.129. The van der Waals surface area contributed by atoms with Gasteiger partial charge in [0.2, 0.25) is 11.8 Å². The van der Waals surface area contributed by atoms with E-state index in [1.165, 1.54) is 0 Å². The highest BCUT2D eigenvalue weighted by molar-refractivity contribution is 5.88. The third-order valence-electron chi connectivity index (χ3n) is 5.32. The SMILES string of the molecule is CN(C)CCCCNC(=O)C/C(=C/CCCCC(=O)NO)COc1cccc2ccccc12. The van der Waals surface area contributed by atoms with Crippen LogP contribution >= 0.6 is 0 Å². The van der Waals surface area contributed by atoms with Crippen LogP contribution < -0.4 is 15.5 Å². The Morgan fingerprint density at radius 3 is 2.58 bits per heavy atom. The van der Waals surface area contributed by atoms with Crippen LogP contribution in [0.5, 0.6) is 5.75 Å². The summed E-state index contributed by atoms with van der Waals surface area (Å²) >= 11 is 0. The predicted molar refractivity (Wildman–Crippen MR) is 131 cm³/mol. The number of hydroxylamine groups is 1. The van der Waals surface area contributed by atoms with E-state index in [1.54, 1.807) is 5.48 Å². The second-order valence-electron chi connectivity index (χ2n) is 8.45. The minimum Gasteiger partial charge on any atom is -0.489 e. The molecule has 0 radical (unpaired) electrons. The molecule has 2 rings (SSSR count). The van der Waals surface area contributed by atoms with Gasteiger partial charge in [0.05, 0.1) is 6.42 Å². The van der Waals surface area contributed by atoms with Crippen LogP contribution in [0.2, 0.25) is 0 Å². The predicted octanol–water partition coefficient (Wildman–Crippen LogP) is 4.06. The normalized spacial score (nSPS) is 11.6. The lowest BCUT2D eigenvalue weighted by Gasteiger charge is -2.13. The Morgan fingerprint density at radius 2 is 1.79 bits per heavy atom. The van der Waals surface area contributed by atoms with Gasteiger partial charge in [-0.25, -0.2) is 5.48 Å². The molecule has 180 valence electrons. The number of nitrogens with zero attached hydrogens (tertiary/aromatic N) is 1. The van der Waals surface area contributed by atoms with E-state index in [0.29, 0.717) is 19.6 Å². The maximum Gasteiger partial charge on any atom is 0.243 e. The van der Waals surface area contributed by atoms with Crippen molar-refractivity contribution >= 4 is 22.6 Å². The number of unbranched alkanes of at least 4 members (excludes halogenated alkanes) is 3. The first-order chi connectivity index (χ1) is 16.0. The molecule has 0 saturated carbocycles. The van der Waals surface area contributed by atoms with E-state index in [9.17, 15) is 9.59 Å². The number of hydrogen-bond donors (Lipinski definition) is 3. The Labute approximate surface area is 196 Å². The number of amides is 2. The molecule has 0 fully saturated rings. The van der Waals surface area contributed by atoms with Crippen molar-refractivity contribution in [1.29, 1.82) is 0 Å². The Bertz CT molecular complexity index is 906. The van der Waals surface area contributed by atoms with Gasteiger partial charge in [-0.1, -0.05) is 42.5 Å². The van der Waals surface area contributed by atoms with Crippen LogP contribution in [0.1, 0.15) is 44.9 Å². The van der Waals surface area contributed by atoms with Crippen molar-refractivity contribution in [3.63, 3.8) is 0 Å². The summed E-state index contributed by atoms with van der Waals surface area (Å²) in [5.41, 5.74) is 2.57. The number of nitrogens with one attached hydrogen (secondary N) is 2. The van der Waals surface area contributed by atoms with Gasteiger partial charge in [-0.2, -0.15) is 0 Å². The second-order valence-corrected chi connectivity index (χ2v) is 8.45. The van der Waals surface area contributed by atoms with E-state index in [1.807, 2.05) is 62.6 Å². The quantitative estimate of drug-likeness (QED) is 0.163. The number of fused-ring (bicyclic) bond motifs is 1. The van der Waals surface area contributed by atoms with Gasteiger partial charge >= 0.3 is 0 Å². The fourth-order valence-electron chi connectivity index (χ4n) is 3.52. The van der Waals surface area contributed by atoms with Crippen LogP contribution in [0.15, 0.2) is 54.1 Å². The van der Waals surface area contributed by atoms with E-state index in [0.717, 1.165) is 54.3 Å². The lowest BCUT2D eigenvalue weighted by atomic mass is 10.1. The maximum absolute atomic E-state index is 12.5.